The molecule has 6 heteroatoms. The third-order valence-corrected chi connectivity index (χ3v) is 4.06. The van der Waals surface area contributed by atoms with Gasteiger partial charge in [-0.15, -0.1) is 10.2 Å². The minimum Gasteiger partial charge on any atom is -0.416 e. The Balaban J connectivity index is 1.51. The Kier molecular flexibility index (Phi) is 4.45. The summed E-state index contributed by atoms with van der Waals surface area (Å²) in [5, 5.41) is 11.0. The van der Waals surface area contributed by atoms with Gasteiger partial charge in [-0.2, -0.15) is 0 Å². The first kappa shape index (κ1) is 16.7. The number of hydrogen-bond acceptors (Lipinski definition) is 5. The molecule has 2 aromatic heterocycles. The summed E-state index contributed by atoms with van der Waals surface area (Å²) < 4.78 is 5.76. The minimum atomic E-state index is -0.196. The molecule has 1 N–H and O–H groups in total. The normalized spacial score (nSPS) is 10.6. The molecule has 0 aliphatic rings. The fraction of sp³-hybridized carbons (Fsp3) is 0.0476. The largest absolute Gasteiger partial charge is 0.416 e. The summed E-state index contributed by atoms with van der Waals surface area (Å²) in [6, 6.07) is 18.4. The second kappa shape index (κ2) is 7.21. The van der Waals surface area contributed by atoms with Gasteiger partial charge in [-0.05, 0) is 55.5 Å². The summed E-state index contributed by atoms with van der Waals surface area (Å²) in [7, 11) is 0. The number of hydrogen-bond donors (Lipinski definition) is 1. The number of aromatic nitrogens is 3. The van der Waals surface area contributed by atoms with Crippen LogP contribution in [-0.2, 0) is 0 Å². The first-order valence-electron chi connectivity index (χ1n) is 8.41. The third-order valence-electron chi connectivity index (χ3n) is 4.06. The highest BCUT2D eigenvalue weighted by atomic mass is 16.4. The zero-order chi connectivity index (χ0) is 18.6. The van der Waals surface area contributed by atoms with E-state index in [-0.39, 0.29) is 5.91 Å². The molecule has 2 heterocycles. The van der Waals surface area contributed by atoms with Crippen LogP contribution in [0.15, 0.2) is 77.5 Å². The zero-order valence-corrected chi connectivity index (χ0v) is 14.6. The minimum absolute atomic E-state index is 0.196. The molecule has 132 valence electrons. The molecule has 0 atom stereocenters. The molecule has 6 nitrogen and oxygen atoms in total. The highest BCUT2D eigenvalue weighted by Crippen LogP contribution is 2.24. The smallest absolute Gasteiger partial charge is 0.255 e. The number of benzene rings is 2. The van der Waals surface area contributed by atoms with Crippen LogP contribution in [-0.4, -0.2) is 21.1 Å². The first-order chi connectivity index (χ1) is 13.2. The molecule has 0 aliphatic carbocycles. The van der Waals surface area contributed by atoms with Gasteiger partial charge in [0.05, 0.1) is 0 Å². The lowest BCUT2D eigenvalue weighted by atomic mass is 10.1. The standard InChI is InChI=1S/C21H16N4O2/c1-14-2-4-16(5-3-14)20-24-25-21(27-20)17-8-6-15(7-9-17)19(26)23-18-10-12-22-13-11-18/h2-13H,1H3,(H,22,23,26). The highest BCUT2D eigenvalue weighted by Gasteiger charge is 2.12. The van der Waals surface area contributed by atoms with Crippen molar-refractivity contribution in [3.63, 3.8) is 0 Å². The molecule has 0 saturated heterocycles. The van der Waals surface area contributed by atoms with Crippen LogP contribution in [0.2, 0.25) is 0 Å². The van der Waals surface area contributed by atoms with E-state index in [0.29, 0.717) is 23.0 Å². The Labute approximate surface area is 155 Å². The molecule has 0 radical (unpaired) electrons. The van der Waals surface area contributed by atoms with Gasteiger partial charge in [-0.25, -0.2) is 0 Å². The quantitative estimate of drug-likeness (QED) is 0.587. The maximum absolute atomic E-state index is 12.3. The molecule has 0 saturated carbocycles. The average molecular weight is 356 g/mol. The number of rotatable bonds is 4. The molecule has 4 aromatic rings. The van der Waals surface area contributed by atoms with Gasteiger partial charge in [0, 0.05) is 34.8 Å². The van der Waals surface area contributed by atoms with Gasteiger partial charge in [0.15, 0.2) is 0 Å². The van der Waals surface area contributed by atoms with Crippen LogP contribution in [0, 0.1) is 6.92 Å². The van der Waals surface area contributed by atoms with Crippen molar-refractivity contribution in [2.75, 3.05) is 5.32 Å². The Bertz CT molecular complexity index is 1060. The van der Waals surface area contributed by atoms with Gasteiger partial charge in [0.1, 0.15) is 0 Å². The molecular weight excluding hydrogens is 340 g/mol. The molecule has 0 spiro atoms. The van der Waals surface area contributed by atoms with Crippen LogP contribution in [0.4, 0.5) is 5.69 Å². The van der Waals surface area contributed by atoms with Gasteiger partial charge >= 0.3 is 0 Å². The third kappa shape index (κ3) is 3.74. The summed E-state index contributed by atoms with van der Waals surface area (Å²) in [5.74, 6) is 0.676. The number of pyridine rings is 1. The number of anilines is 1. The van der Waals surface area contributed by atoms with Crippen LogP contribution in [0.3, 0.4) is 0 Å². The van der Waals surface area contributed by atoms with Crippen molar-refractivity contribution in [1.82, 2.24) is 15.2 Å². The van der Waals surface area contributed by atoms with Crippen molar-refractivity contribution in [3.8, 4) is 22.9 Å². The van der Waals surface area contributed by atoms with E-state index in [2.05, 4.69) is 20.5 Å². The molecule has 1 amide bonds. The van der Waals surface area contributed by atoms with Gasteiger partial charge in [-0.3, -0.25) is 9.78 Å². The number of amides is 1. The summed E-state index contributed by atoms with van der Waals surface area (Å²) in [5.41, 5.74) is 4.01. The lowest BCUT2D eigenvalue weighted by molar-refractivity contribution is 0.102. The predicted molar refractivity (Wildman–Crippen MR) is 102 cm³/mol. The van der Waals surface area contributed by atoms with E-state index in [1.807, 2.05) is 31.2 Å². The van der Waals surface area contributed by atoms with Crippen LogP contribution >= 0.6 is 0 Å². The van der Waals surface area contributed by atoms with E-state index >= 15 is 0 Å². The van der Waals surface area contributed by atoms with Crippen molar-refractivity contribution >= 4 is 11.6 Å². The molecule has 0 aliphatic heterocycles. The number of nitrogens with zero attached hydrogens (tertiary/aromatic N) is 3. The Morgan fingerprint density at radius 2 is 1.37 bits per heavy atom. The van der Waals surface area contributed by atoms with E-state index in [0.717, 1.165) is 11.1 Å². The maximum atomic E-state index is 12.3. The van der Waals surface area contributed by atoms with Gasteiger partial charge < -0.3 is 9.73 Å². The lowest BCUT2D eigenvalue weighted by Crippen LogP contribution is -2.11. The molecule has 0 bridgehead atoms. The molecule has 0 unspecified atom stereocenters. The van der Waals surface area contributed by atoms with Crippen LogP contribution in [0.1, 0.15) is 15.9 Å². The first-order valence-corrected chi connectivity index (χ1v) is 8.41. The van der Waals surface area contributed by atoms with Gasteiger partial charge in [0.2, 0.25) is 11.8 Å². The summed E-state index contributed by atoms with van der Waals surface area (Å²) in [6.07, 6.45) is 3.25. The lowest BCUT2D eigenvalue weighted by Gasteiger charge is -2.05. The molecule has 4 rings (SSSR count). The topological polar surface area (TPSA) is 80.9 Å². The molecule has 2 aromatic carbocycles. The van der Waals surface area contributed by atoms with E-state index < -0.39 is 0 Å². The number of carbonyl (C=O) groups is 1. The van der Waals surface area contributed by atoms with Crippen molar-refractivity contribution < 1.29 is 9.21 Å². The second-order valence-electron chi connectivity index (χ2n) is 6.05. The summed E-state index contributed by atoms with van der Waals surface area (Å²) in [4.78, 5) is 16.2. The summed E-state index contributed by atoms with van der Waals surface area (Å²) >= 11 is 0. The van der Waals surface area contributed by atoms with Crippen LogP contribution < -0.4 is 5.32 Å². The summed E-state index contributed by atoms with van der Waals surface area (Å²) in [6.45, 7) is 2.02. The predicted octanol–water partition coefficient (Wildman–Crippen LogP) is 4.36. The van der Waals surface area contributed by atoms with Gasteiger partial charge in [-0.1, -0.05) is 17.7 Å². The van der Waals surface area contributed by atoms with E-state index in [9.17, 15) is 4.79 Å². The second-order valence-corrected chi connectivity index (χ2v) is 6.05. The van der Waals surface area contributed by atoms with Crippen LogP contribution in [0.25, 0.3) is 22.9 Å². The van der Waals surface area contributed by atoms with Crippen molar-refractivity contribution in [2.45, 2.75) is 6.92 Å². The zero-order valence-electron chi connectivity index (χ0n) is 14.6. The van der Waals surface area contributed by atoms with Crippen molar-refractivity contribution in [1.29, 1.82) is 0 Å². The molecule has 0 fully saturated rings. The van der Waals surface area contributed by atoms with E-state index in [1.54, 1.807) is 48.8 Å². The molecule has 27 heavy (non-hydrogen) atoms. The fourth-order valence-corrected chi connectivity index (χ4v) is 2.56. The van der Waals surface area contributed by atoms with Crippen LogP contribution in [0.5, 0.6) is 0 Å². The number of carbonyl (C=O) groups excluding carboxylic acids is 1. The Morgan fingerprint density at radius 3 is 1.96 bits per heavy atom. The monoisotopic (exact) mass is 356 g/mol. The molecular formula is C21H16N4O2. The Morgan fingerprint density at radius 1 is 0.815 bits per heavy atom. The maximum Gasteiger partial charge on any atom is 0.255 e. The van der Waals surface area contributed by atoms with E-state index in [4.69, 9.17) is 4.42 Å². The highest BCUT2D eigenvalue weighted by molar-refractivity contribution is 6.04. The Hall–Kier alpha value is -3.80. The van der Waals surface area contributed by atoms with Crippen molar-refractivity contribution in [3.05, 3.63) is 84.2 Å². The number of nitrogens with one attached hydrogen (secondary N) is 1. The average Bonchev–Trinajstić information content (AvgIpc) is 3.20. The fourth-order valence-electron chi connectivity index (χ4n) is 2.56. The number of aryl methyl sites for hydroxylation is 1. The van der Waals surface area contributed by atoms with Crippen molar-refractivity contribution in [2.24, 2.45) is 0 Å². The van der Waals surface area contributed by atoms with E-state index in [1.165, 1.54) is 5.56 Å². The van der Waals surface area contributed by atoms with Gasteiger partial charge in [0.25, 0.3) is 5.91 Å². The SMILES string of the molecule is Cc1ccc(-c2nnc(-c3ccc(C(=O)Nc4ccncc4)cc3)o2)cc1.